The first-order chi connectivity index (χ1) is 13.2. The predicted molar refractivity (Wildman–Crippen MR) is 115 cm³/mol. The summed E-state index contributed by atoms with van der Waals surface area (Å²) in [5, 5.41) is 15.2. The molecule has 0 fully saturated rings. The molecule has 0 aliphatic heterocycles. The first kappa shape index (κ1) is 19.6. The lowest BCUT2D eigenvalue weighted by atomic mass is 10.0. The number of nitrogens with one attached hydrogen (secondary N) is 1. The van der Waals surface area contributed by atoms with Crippen molar-refractivity contribution in [2.45, 2.75) is 19.1 Å². The second-order valence-corrected chi connectivity index (χ2v) is 7.80. The lowest BCUT2D eigenvalue weighted by molar-refractivity contribution is 0.139. The Balaban J connectivity index is 1.53. The first-order valence-corrected chi connectivity index (χ1v) is 10.3. The molecule has 3 nitrogen and oxygen atoms in total. The summed E-state index contributed by atoms with van der Waals surface area (Å²) in [4.78, 5) is 0. The molecule has 3 aromatic carbocycles. The van der Waals surface area contributed by atoms with E-state index in [0.29, 0.717) is 8.58 Å². The third kappa shape index (κ3) is 5.40. The topological polar surface area (TPSA) is 41.5 Å². The number of benzene rings is 3. The van der Waals surface area contributed by atoms with Crippen LogP contribution in [-0.4, -0.2) is 24.5 Å². The molecule has 0 aromatic heterocycles. The Labute approximate surface area is 163 Å². The van der Waals surface area contributed by atoms with Crippen LogP contribution in [0.1, 0.15) is 18.6 Å². The highest BCUT2D eigenvalue weighted by Crippen LogP contribution is 2.24. The molecule has 0 aliphatic carbocycles. The Kier molecular flexibility index (Phi) is 7.00. The first-order valence-electron chi connectivity index (χ1n) is 9.12. The zero-order chi connectivity index (χ0) is 19.1. The third-order valence-corrected chi connectivity index (χ3v) is 5.74. The highest BCUT2D eigenvalue weighted by atomic mass is 31.1. The predicted octanol–water partition coefficient (Wildman–Crippen LogP) is 4.34. The third-order valence-electron chi connectivity index (χ3n) is 4.62. The van der Waals surface area contributed by atoms with Gasteiger partial charge in [0.15, 0.2) is 0 Å². The minimum atomic E-state index is -0.494. The van der Waals surface area contributed by atoms with Crippen molar-refractivity contribution in [2.24, 2.45) is 0 Å². The van der Waals surface area contributed by atoms with Crippen LogP contribution < -0.4 is 15.4 Å². The van der Waals surface area contributed by atoms with Gasteiger partial charge in [-0.25, -0.2) is 0 Å². The number of hydrogen-bond acceptors (Lipinski definition) is 3. The van der Waals surface area contributed by atoms with Gasteiger partial charge in [0.25, 0.3) is 0 Å². The fourth-order valence-corrected chi connectivity index (χ4v) is 3.98. The second kappa shape index (κ2) is 9.66. The van der Waals surface area contributed by atoms with E-state index in [2.05, 4.69) is 35.6 Å². The molecule has 0 saturated carbocycles. The lowest BCUT2D eigenvalue weighted by Crippen LogP contribution is -2.32. The molecule has 3 rings (SSSR count). The number of ether oxygens (including phenoxy) is 1. The molecule has 0 spiro atoms. The lowest BCUT2D eigenvalue weighted by Gasteiger charge is -2.20. The molecule has 0 saturated heterocycles. The Morgan fingerprint density at radius 3 is 2.37 bits per heavy atom. The van der Waals surface area contributed by atoms with Gasteiger partial charge in [0.05, 0.1) is 13.2 Å². The molecule has 0 radical (unpaired) electrons. The van der Waals surface area contributed by atoms with Crippen LogP contribution in [0, 0.1) is 0 Å². The highest BCUT2D eigenvalue weighted by Gasteiger charge is 2.15. The Bertz CT molecular complexity index is 837. The standard InChI is InChI=1S/C23H26NO2P/c1-17(23(25)19-7-4-3-5-8-19)24-16-27-22-13-11-18(12-14-22)20-9-6-10-21(15-20)26-2/h3-15,17,23-25,27H,16H2,1-2H3/t17-,23-/m0/s1. The summed E-state index contributed by atoms with van der Waals surface area (Å²) in [7, 11) is 2.34. The summed E-state index contributed by atoms with van der Waals surface area (Å²) < 4.78 is 5.30. The molecule has 0 heterocycles. The van der Waals surface area contributed by atoms with Gasteiger partial charge in [0, 0.05) is 12.3 Å². The van der Waals surface area contributed by atoms with Crippen LogP contribution in [-0.2, 0) is 0 Å². The molecule has 0 aliphatic rings. The van der Waals surface area contributed by atoms with Crippen molar-refractivity contribution in [1.82, 2.24) is 5.32 Å². The number of methoxy groups -OCH3 is 1. The van der Waals surface area contributed by atoms with Crippen molar-refractivity contribution in [3.63, 3.8) is 0 Å². The summed E-state index contributed by atoms with van der Waals surface area (Å²) in [6.45, 7) is 2.02. The maximum Gasteiger partial charge on any atom is 0.119 e. The van der Waals surface area contributed by atoms with Crippen molar-refractivity contribution >= 4 is 13.9 Å². The van der Waals surface area contributed by atoms with Gasteiger partial charge < -0.3 is 15.2 Å². The van der Waals surface area contributed by atoms with E-state index in [0.717, 1.165) is 23.2 Å². The van der Waals surface area contributed by atoms with Crippen LogP contribution >= 0.6 is 8.58 Å². The van der Waals surface area contributed by atoms with E-state index in [1.807, 2.05) is 55.5 Å². The molecule has 0 bridgehead atoms. The van der Waals surface area contributed by atoms with Crippen LogP contribution in [0.3, 0.4) is 0 Å². The molecule has 140 valence electrons. The zero-order valence-electron chi connectivity index (χ0n) is 15.7. The Morgan fingerprint density at radius 2 is 1.67 bits per heavy atom. The molecule has 1 unspecified atom stereocenters. The van der Waals surface area contributed by atoms with E-state index in [1.165, 1.54) is 10.9 Å². The van der Waals surface area contributed by atoms with Gasteiger partial charge in [-0.15, -0.1) is 0 Å². The fourth-order valence-electron chi connectivity index (χ4n) is 2.95. The van der Waals surface area contributed by atoms with Gasteiger partial charge in [-0.2, -0.15) is 0 Å². The van der Waals surface area contributed by atoms with Gasteiger partial charge >= 0.3 is 0 Å². The van der Waals surface area contributed by atoms with Crippen molar-refractivity contribution in [3.05, 3.63) is 84.4 Å². The molecule has 27 heavy (non-hydrogen) atoms. The van der Waals surface area contributed by atoms with Crippen LogP contribution in [0.4, 0.5) is 0 Å². The van der Waals surface area contributed by atoms with Crippen molar-refractivity contribution in [2.75, 3.05) is 13.4 Å². The molecule has 3 aromatic rings. The second-order valence-electron chi connectivity index (χ2n) is 6.51. The molecule has 4 heteroatoms. The summed E-state index contributed by atoms with van der Waals surface area (Å²) >= 11 is 0. The van der Waals surface area contributed by atoms with E-state index in [1.54, 1.807) is 7.11 Å². The summed E-state index contributed by atoms with van der Waals surface area (Å²) in [5.74, 6) is 0.869. The highest BCUT2D eigenvalue weighted by molar-refractivity contribution is 7.47. The summed E-state index contributed by atoms with van der Waals surface area (Å²) in [6.07, 6.45) is 0.357. The normalized spacial score (nSPS) is 13.6. The van der Waals surface area contributed by atoms with E-state index in [-0.39, 0.29) is 6.04 Å². The number of aliphatic hydroxyl groups is 1. The van der Waals surface area contributed by atoms with Gasteiger partial charge in [-0.05, 0) is 41.1 Å². The quantitative estimate of drug-likeness (QED) is 0.572. The van der Waals surface area contributed by atoms with E-state index >= 15 is 0 Å². The average molecular weight is 379 g/mol. The number of aliphatic hydroxyl groups excluding tert-OH is 1. The maximum atomic E-state index is 10.4. The SMILES string of the molecule is COc1cccc(-c2ccc(PCN[C@@H](C)[C@H](O)c3ccccc3)cc2)c1. The Hall–Kier alpha value is -2.19. The minimum absolute atomic E-state index is 0.0101. The van der Waals surface area contributed by atoms with Gasteiger partial charge in [-0.3, -0.25) is 0 Å². The van der Waals surface area contributed by atoms with E-state index < -0.39 is 6.10 Å². The summed E-state index contributed by atoms with van der Waals surface area (Å²) in [6, 6.07) is 26.6. The van der Waals surface area contributed by atoms with Crippen LogP contribution in [0.5, 0.6) is 5.75 Å². The smallest absolute Gasteiger partial charge is 0.119 e. The van der Waals surface area contributed by atoms with Crippen LogP contribution in [0.15, 0.2) is 78.9 Å². The van der Waals surface area contributed by atoms with Crippen molar-refractivity contribution < 1.29 is 9.84 Å². The number of hydrogen-bond donors (Lipinski definition) is 2. The van der Waals surface area contributed by atoms with Crippen molar-refractivity contribution in [1.29, 1.82) is 0 Å². The molecule has 2 N–H and O–H groups in total. The zero-order valence-corrected chi connectivity index (χ0v) is 16.7. The molecule has 3 atom stereocenters. The minimum Gasteiger partial charge on any atom is -0.497 e. The molecule has 0 amide bonds. The van der Waals surface area contributed by atoms with Crippen LogP contribution in [0.2, 0.25) is 0 Å². The molecular weight excluding hydrogens is 353 g/mol. The van der Waals surface area contributed by atoms with Gasteiger partial charge in [-0.1, -0.05) is 75.3 Å². The largest absolute Gasteiger partial charge is 0.497 e. The van der Waals surface area contributed by atoms with E-state index in [9.17, 15) is 5.11 Å². The van der Waals surface area contributed by atoms with Crippen molar-refractivity contribution in [3.8, 4) is 16.9 Å². The van der Waals surface area contributed by atoms with Gasteiger partial charge in [0.1, 0.15) is 5.75 Å². The Morgan fingerprint density at radius 1 is 0.926 bits per heavy atom. The average Bonchev–Trinajstić information content (AvgIpc) is 2.74. The maximum absolute atomic E-state index is 10.4. The van der Waals surface area contributed by atoms with Crippen LogP contribution in [0.25, 0.3) is 11.1 Å². The summed E-state index contributed by atoms with van der Waals surface area (Å²) in [5.41, 5.74) is 3.29. The van der Waals surface area contributed by atoms with E-state index in [4.69, 9.17) is 4.74 Å². The molecular formula is C23H26NO2P. The van der Waals surface area contributed by atoms with Gasteiger partial charge in [0.2, 0.25) is 0 Å². The fraction of sp³-hybridized carbons (Fsp3) is 0.217. The monoisotopic (exact) mass is 379 g/mol. The number of rotatable bonds is 8.